The molecule has 0 spiro atoms. The molecule has 0 radical (unpaired) electrons. The molecule has 0 aromatic carbocycles. The van der Waals surface area contributed by atoms with Crippen LogP contribution in [0.5, 0.6) is 5.88 Å². The average molecular weight is 620 g/mol. The Morgan fingerprint density at radius 3 is 2.67 bits per heavy atom. The summed E-state index contributed by atoms with van der Waals surface area (Å²) in [5.74, 6) is -0.724. The number of hydrogen-bond donors (Lipinski definition) is 2. The summed E-state index contributed by atoms with van der Waals surface area (Å²) in [5, 5.41) is 18.0. The van der Waals surface area contributed by atoms with Crippen LogP contribution in [0.15, 0.2) is 43.1 Å². The summed E-state index contributed by atoms with van der Waals surface area (Å²) < 4.78 is 48.6. The molecule has 3 fully saturated rings. The molecule has 1 saturated heterocycles. The van der Waals surface area contributed by atoms with Gasteiger partial charge in [-0.25, -0.2) is 15.0 Å². The molecule has 234 valence electrons. The SMILES string of the molecule is N#CCC1(n2cc(-c3ncnc4[nH]ccc34)cn2)CN(C2CCC(Oc3cc(C(=O)NC4CCC4)cc(C(F)(F)F)n3)CC2)C1. The van der Waals surface area contributed by atoms with Gasteiger partial charge in [0.15, 0.2) is 0 Å². The highest BCUT2D eigenvalue weighted by Gasteiger charge is 2.48. The second-order valence-corrected chi connectivity index (χ2v) is 12.3. The van der Waals surface area contributed by atoms with Crippen molar-refractivity contribution < 1.29 is 22.7 Å². The molecule has 1 amide bonds. The number of aromatic amines is 1. The molecule has 0 unspecified atom stereocenters. The van der Waals surface area contributed by atoms with Crippen molar-refractivity contribution in [1.82, 2.24) is 39.9 Å². The Bertz CT molecular complexity index is 1740. The second kappa shape index (κ2) is 11.4. The fourth-order valence-electron chi connectivity index (χ4n) is 6.62. The second-order valence-electron chi connectivity index (χ2n) is 12.3. The molecule has 0 bridgehead atoms. The van der Waals surface area contributed by atoms with Crippen LogP contribution in [-0.4, -0.2) is 71.8 Å². The molecule has 45 heavy (non-hydrogen) atoms. The third-order valence-corrected chi connectivity index (χ3v) is 9.34. The lowest BCUT2D eigenvalue weighted by molar-refractivity contribution is -0.141. The van der Waals surface area contributed by atoms with Gasteiger partial charge in [0.1, 0.15) is 29.3 Å². The van der Waals surface area contributed by atoms with E-state index in [1.807, 2.05) is 23.1 Å². The number of halogens is 3. The molecule has 14 heteroatoms. The van der Waals surface area contributed by atoms with E-state index in [0.29, 0.717) is 32.4 Å². The van der Waals surface area contributed by atoms with E-state index in [2.05, 4.69) is 41.3 Å². The Labute approximate surface area is 256 Å². The maximum absolute atomic E-state index is 13.6. The monoisotopic (exact) mass is 619 g/mol. The molecule has 4 aromatic rings. The Morgan fingerprint density at radius 1 is 1.16 bits per heavy atom. The van der Waals surface area contributed by atoms with Crippen LogP contribution in [0, 0.1) is 11.3 Å². The quantitative estimate of drug-likeness (QED) is 0.286. The molecule has 4 aromatic heterocycles. The molecular formula is C31H32F3N9O2. The highest BCUT2D eigenvalue weighted by Crippen LogP contribution is 2.39. The van der Waals surface area contributed by atoms with Crippen molar-refractivity contribution in [2.24, 2.45) is 0 Å². The number of carbonyl (C=O) groups is 1. The van der Waals surface area contributed by atoms with E-state index in [4.69, 9.17) is 4.74 Å². The van der Waals surface area contributed by atoms with Crippen LogP contribution in [0.3, 0.4) is 0 Å². The maximum atomic E-state index is 13.6. The molecule has 11 nitrogen and oxygen atoms in total. The molecule has 5 heterocycles. The number of nitrogens with one attached hydrogen (secondary N) is 2. The molecule has 2 saturated carbocycles. The van der Waals surface area contributed by atoms with E-state index in [1.54, 1.807) is 6.20 Å². The molecule has 0 atom stereocenters. The minimum Gasteiger partial charge on any atom is -0.474 e. The Morgan fingerprint density at radius 2 is 1.96 bits per heavy atom. The van der Waals surface area contributed by atoms with Gasteiger partial charge in [0.25, 0.3) is 5.91 Å². The number of ether oxygens (including phenoxy) is 1. The van der Waals surface area contributed by atoms with Crippen molar-refractivity contribution in [3.8, 4) is 23.2 Å². The van der Waals surface area contributed by atoms with E-state index in [0.717, 1.165) is 60.5 Å². The van der Waals surface area contributed by atoms with Crippen molar-refractivity contribution in [3.05, 3.63) is 54.4 Å². The number of amides is 1. The first-order valence-corrected chi connectivity index (χ1v) is 15.2. The number of pyridine rings is 1. The van der Waals surface area contributed by atoms with Crippen LogP contribution in [0.1, 0.15) is 67.4 Å². The minimum absolute atomic E-state index is 0.00239. The van der Waals surface area contributed by atoms with Crippen LogP contribution in [0.4, 0.5) is 13.2 Å². The number of hydrogen-bond acceptors (Lipinski definition) is 8. The third kappa shape index (κ3) is 5.72. The van der Waals surface area contributed by atoms with Crippen LogP contribution < -0.4 is 10.1 Å². The molecule has 2 N–H and O–H groups in total. The van der Waals surface area contributed by atoms with E-state index in [1.165, 1.54) is 12.4 Å². The smallest absolute Gasteiger partial charge is 0.433 e. The van der Waals surface area contributed by atoms with Crippen molar-refractivity contribution >= 4 is 16.9 Å². The number of nitrogens with zero attached hydrogens (tertiary/aromatic N) is 7. The Kier molecular flexibility index (Phi) is 7.43. The summed E-state index contributed by atoms with van der Waals surface area (Å²) in [4.78, 5) is 30.5. The largest absolute Gasteiger partial charge is 0.474 e. The lowest BCUT2D eigenvalue weighted by atomic mass is 9.82. The average Bonchev–Trinajstić information content (AvgIpc) is 3.67. The number of aromatic nitrogens is 6. The first kappa shape index (κ1) is 29.2. The summed E-state index contributed by atoms with van der Waals surface area (Å²) >= 11 is 0. The van der Waals surface area contributed by atoms with Gasteiger partial charge in [-0.1, -0.05) is 0 Å². The summed E-state index contributed by atoms with van der Waals surface area (Å²) in [6.07, 6.45) is 7.84. The van der Waals surface area contributed by atoms with E-state index in [9.17, 15) is 23.2 Å². The lowest BCUT2D eigenvalue weighted by Crippen LogP contribution is -2.65. The van der Waals surface area contributed by atoms with Gasteiger partial charge < -0.3 is 15.0 Å². The van der Waals surface area contributed by atoms with Crippen molar-refractivity contribution in [2.45, 2.75) is 81.3 Å². The normalized spacial score (nSPS) is 21.9. The van der Waals surface area contributed by atoms with Gasteiger partial charge in [0.2, 0.25) is 5.88 Å². The molecule has 7 rings (SSSR count). The van der Waals surface area contributed by atoms with Gasteiger partial charge in [0, 0.05) is 60.1 Å². The summed E-state index contributed by atoms with van der Waals surface area (Å²) in [5.41, 5.74) is 0.677. The Balaban J connectivity index is 0.987. The highest BCUT2D eigenvalue weighted by atomic mass is 19.4. The van der Waals surface area contributed by atoms with Gasteiger partial charge in [-0.05, 0) is 57.1 Å². The van der Waals surface area contributed by atoms with Crippen LogP contribution in [0.2, 0.25) is 0 Å². The first-order chi connectivity index (χ1) is 21.7. The van der Waals surface area contributed by atoms with E-state index >= 15 is 0 Å². The minimum atomic E-state index is -4.70. The van der Waals surface area contributed by atoms with Crippen molar-refractivity contribution in [3.63, 3.8) is 0 Å². The van der Waals surface area contributed by atoms with Crippen molar-refractivity contribution in [1.29, 1.82) is 5.26 Å². The van der Waals surface area contributed by atoms with E-state index in [-0.39, 0.29) is 29.6 Å². The summed E-state index contributed by atoms with van der Waals surface area (Å²) in [7, 11) is 0. The standard InChI is InChI=1S/C31H32F3N9O2/c32-31(33,34)25-12-19(29(44)40-21-2-1-3-21)13-26(41-25)45-23-6-4-22(5-7-23)42-16-30(17-42,9-10-35)43-15-20(14-39-43)27-24-8-11-36-28(24)38-18-37-27/h8,11-15,18,21-23H,1-7,9,16-17H2,(H,40,44)(H,36,37,38). The zero-order chi connectivity index (χ0) is 31.2. The predicted molar refractivity (Wildman–Crippen MR) is 156 cm³/mol. The number of rotatable bonds is 8. The Hall–Kier alpha value is -4.51. The van der Waals surface area contributed by atoms with Gasteiger partial charge in [-0.2, -0.15) is 23.5 Å². The fraction of sp³-hybridized carbons (Fsp3) is 0.484. The predicted octanol–water partition coefficient (Wildman–Crippen LogP) is 4.83. The molecule has 3 aliphatic rings. The topological polar surface area (TPSA) is 138 Å². The highest BCUT2D eigenvalue weighted by molar-refractivity contribution is 5.95. The van der Waals surface area contributed by atoms with Crippen molar-refractivity contribution in [2.75, 3.05) is 13.1 Å². The van der Waals surface area contributed by atoms with Crippen LogP contribution in [-0.2, 0) is 11.7 Å². The molecular weight excluding hydrogens is 587 g/mol. The summed E-state index contributed by atoms with van der Waals surface area (Å²) in [6.45, 7) is 1.33. The van der Waals surface area contributed by atoms with Gasteiger partial charge in [-0.3, -0.25) is 14.4 Å². The van der Waals surface area contributed by atoms with Gasteiger partial charge >= 0.3 is 6.18 Å². The first-order valence-electron chi connectivity index (χ1n) is 15.2. The lowest BCUT2D eigenvalue weighted by Gasteiger charge is -2.53. The number of fused-ring (bicyclic) bond motifs is 1. The van der Waals surface area contributed by atoms with Gasteiger partial charge in [0.05, 0.1) is 24.4 Å². The van der Waals surface area contributed by atoms with Gasteiger partial charge in [-0.15, -0.1) is 0 Å². The third-order valence-electron chi connectivity index (χ3n) is 9.34. The molecule has 2 aliphatic carbocycles. The van der Waals surface area contributed by atoms with E-state index < -0.39 is 23.3 Å². The zero-order valence-electron chi connectivity index (χ0n) is 24.4. The number of alkyl halides is 3. The van der Waals surface area contributed by atoms with Crippen LogP contribution >= 0.6 is 0 Å². The maximum Gasteiger partial charge on any atom is 0.433 e. The fourth-order valence-corrected chi connectivity index (χ4v) is 6.62. The molecule has 1 aliphatic heterocycles. The van der Waals surface area contributed by atoms with Crippen LogP contribution in [0.25, 0.3) is 22.3 Å². The number of likely N-dealkylation sites (tertiary alicyclic amines) is 1. The zero-order valence-corrected chi connectivity index (χ0v) is 24.4. The number of H-pyrrole nitrogens is 1. The number of nitriles is 1. The summed E-state index contributed by atoms with van der Waals surface area (Å²) in [6, 6.07) is 6.60. The number of carbonyl (C=O) groups excluding carboxylic acids is 1.